The van der Waals surface area contributed by atoms with E-state index in [2.05, 4.69) is 39.4 Å². The molecular formula is C21H26N4O2. The molecule has 2 amide bonds. The van der Waals surface area contributed by atoms with Crippen molar-refractivity contribution in [3.63, 3.8) is 0 Å². The van der Waals surface area contributed by atoms with Crippen molar-refractivity contribution in [2.45, 2.75) is 12.6 Å². The summed E-state index contributed by atoms with van der Waals surface area (Å²) in [6.45, 7) is 4.69. The Morgan fingerprint density at radius 3 is 2.04 bits per heavy atom. The SMILES string of the molecule is NC(=O)C(NC(=O)CN1CCN(Cc2ccccc2)CC1)c1ccccc1. The van der Waals surface area contributed by atoms with E-state index in [1.807, 2.05) is 24.3 Å². The number of nitrogens with zero attached hydrogens (tertiary/aromatic N) is 2. The predicted octanol–water partition coefficient (Wildman–Crippen LogP) is 1.15. The number of nitrogens with two attached hydrogens (primary N) is 1. The average molecular weight is 366 g/mol. The molecule has 0 bridgehead atoms. The molecule has 1 aliphatic heterocycles. The second-order valence-electron chi connectivity index (χ2n) is 6.85. The van der Waals surface area contributed by atoms with Crippen LogP contribution in [-0.2, 0) is 16.1 Å². The van der Waals surface area contributed by atoms with E-state index in [9.17, 15) is 9.59 Å². The van der Waals surface area contributed by atoms with Gasteiger partial charge in [0, 0.05) is 32.7 Å². The normalized spacial score (nSPS) is 16.6. The molecule has 0 radical (unpaired) electrons. The molecule has 27 heavy (non-hydrogen) atoms. The van der Waals surface area contributed by atoms with Crippen LogP contribution in [0, 0.1) is 0 Å². The van der Waals surface area contributed by atoms with Gasteiger partial charge in [-0.15, -0.1) is 0 Å². The number of hydrogen-bond acceptors (Lipinski definition) is 4. The minimum Gasteiger partial charge on any atom is -0.368 e. The molecule has 6 heteroatoms. The van der Waals surface area contributed by atoms with E-state index < -0.39 is 11.9 Å². The second kappa shape index (κ2) is 9.30. The number of amides is 2. The molecule has 1 heterocycles. The summed E-state index contributed by atoms with van der Waals surface area (Å²) in [6.07, 6.45) is 0. The molecule has 142 valence electrons. The van der Waals surface area contributed by atoms with Crippen molar-refractivity contribution in [3.8, 4) is 0 Å². The average Bonchev–Trinajstić information content (AvgIpc) is 2.69. The minimum absolute atomic E-state index is 0.181. The van der Waals surface area contributed by atoms with Crippen molar-refractivity contribution in [3.05, 3.63) is 71.8 Å². The molecule has 2 aromatic rings. The van der Waals surface area contributed by atoms with Crippen molar-refractivity contribution >= 4 is 11.8 Å². The molecule has 1 fully saturated rings. The molecule has 1 unspecified atom stereocenters. The molecule has 6 nitrogen and oxygen atoms in total. The van der Waals surface area contributed by atoms with E-state index in [1.165, 1.54) is 5.56 Å². The monoisotopic (exact) mass is 366 g/mol. The molecule has 0 aliphatic carbocycles. The second-order valence-corrected chi connectivity index (χ2v) is 6.85. The van der Waals surface area contributed by atoms with Crippen LogP contribution in [0.5, 0.6) is 0 Å². The van der Waals surface area contributed by atoms with Gasteiger partial charge in [0.25, 0.3) is 0 Å². The number of carbonyl (C=O) groups is 2. The predicted molar refractivity (Wildman–Crippen MR) is 105 cm³/mol. The molecule has 3 N–H and O–H groups in total. The Kier molecular flexibility index (Phi) is 6.57. The van der Waals surface area contributed by atoms with Crippen LogP contribution in [-0.4, -0.2) is 54.3 Å². The third-order valence-electron chi connectivity index (χ3n) is 4.80. The Bertz CT molecular complexity index is 743. The zero-order valence-electron chi connectivity index (χ0n) is 15.4. The van der Waals surface area contributed by atoms with E-state index in [4.69, 9.17) is 5.73 Å². The van der Waals surface area contributed by atoms with Crippen molar-refractivity contribution in [2.75, 3.05) is 32.7 Å². The maximum Gasteiger partial charge on any atom is 0.244 e. The van der Waals surface area contributed by atoms with Gasteiger partial charge >= 0.3 is 0 Å². The summed E-state index contributed by atoms with van der Waals surface area (Å²) in [5.41, 5.74) is 7.47. The first-order valence-electron chi connectivity index (χ1n) is 9.24. The fraction of sp³-hybridized carbons (Fsp3) is 0.333. The van der Waals surface area contributed by atoms with Gasteiger partial charge in [0.05, 0.1) is 6.54 Å². The number of rotatable bonds is 7. The lowest BCUT2D eigenvalue weighted by molar-refractivity contribution is -0.128. The first-order chi connectivity index (χ1) is 13.1. The smallest absolute Gasteiger partial charge is 0.244 e. The highest BCUT2D eigenvalue weighted by molar-refractivity contribution is 5.88. The summed E-state index contributed by atoms with van der Waals surface area (Å²) in [4.78, 5) is 28.6. The largest absolute Gasteiger partial charge is 0.368 e. The lowest BCUT2D eigenvalue weighted by Crippen LogP contribution is -2.50. The number of nitrogens with one attached hydrogen (secondary N) is 1. The number of primary amides is 1. The van der Waals surface area contributed by atoms with Crippen molar-refractivity contribution in [1.29, 1.82) is 0 Å². The zero-order chi connectivity index (χ0) is 19.1. The van der Waals surface area contributed by atoms with Crippen molar-refractivity contribution < 1.29 is 9.59 Å². The molecule has 0 aromatic heterocycles. The van der Waals surface area contributed by atoms with Gasteiger partial charge in [-0.05, 0) is 11.1 Å². The molecule has 0 spiro atoms. The molecule has 1 aliphatic rings. The van der Waals surface area contributed by atoms with Gasteiger partial charge in [-0.25, -0.2) is 0 Å². The summed E-state index contributed by atoms with van der Waals surface area (Å²) < 4.78 is 0. The standard InChI is InChI=1S/C21H26N4O2/c22-21(27)20(18-9-5-2-6-10-18)23-19(26)16-25-13-11-24(12-14-25)15-17-7-3-1-4-8-17/h1-10,20H,11-16H2,(H2,22,27)(H,23,26). The summed E-state index contributed by atoms with van der Waals surface area (Å²) >= 11 is 0. The topological polar surface area (TPSA) is 78.7 Å². The molecular weight excluding hydrogens is 340 g/mol. The Balaban J connectivity index is 1.47. The van der Waals surface area contributed by atoms with Crippen LogP contribution in [0.1, 0.15) is 17.2 Å². The molecule has 0 saturated carbocycles. The van der Waals surface area contributed by atoms with Crippen molar-refractivity contribution in [1.82, 2.24) is 15.1 Å². The van der Waals surface area contributed by atoms with Crippen LogP contribution in [0.3, 0.4) is 0 Å². The van der Waals surface area contributed by atoms with Gasteiger partial charge in [-0.1, -0.05) is 60.7 Å². The summed E-state index contributed by atoms with van der Waals surface area (Å²) in [6, 6.07) is 18.7. The number of hydrogen-bond donors (Lipinski definition) is 2. The highest BCUT2D eigenvalue weighted by Crippen LogP contribution is 2.12. The maximum atomic E-state index is 12.4. The fourth-order valence-corrected chi connectivity index (χ4v) is 3.32. The number of carbonyl (C=O) groups excluding carboxylic acids is 2. The van der Waals surface area contributed by atoms with Gasteiger partial charge in [-0.2, -0.15) is 0 Å². The van der Waals surface area contributed by atoms with Crippen LogP contribution < -0.4 is 11.1 Å². The number of benzene rings is 2. The Morgan fingerprint density at radius 1 is 0.889 bits per heavy atom. The van der Waals surface area contributed by atoms with Crippen molar-refractivity contribution in [2.24, 2.45) is 5.73 Å². The minimum atomic E-state index is -0.793. The quantitative estimate of drug-likeness (QED) is 0.770. The summed E-state index contributed by atoms with van der Waals surface area (Å²) in [7, 11) is 0. The van der Waals surface area contributed by atoms with Crippen LogP contribution in [0.2, 0.25) is 0 Å². The maximum absolute atomic E-state index is 12.4. The van der Waals surface area contributed by atoms with E-state index in [-0.39, 0.29) is 12.5 Å². The summed E-state index contributed by atoms with van der Waals surface area (Å²) in [5, 5.41) is 2.76. The van der Waals surface area contributed by atoms with Crippen LogP contribution >= 0.6 is 0 Å². The lowest BCUT2D eigenvalue weighted by Gasteiger charge is -2.34. The fourth-order valence-electron chi connectivity index (χ4n) is 3.32. The van der Waals surface area contributed by atoms with E-state index in [0.29, 0.717) is 5.56 Å². The third-order valence-corrected chi connectivity index (χ3v) is 4.80. The summed E-state index contributed by atoms with van der Waals surface area (Å²) in [5.74, 6) is -0.735. The Hall–Kier alpha value is -2.70. The van der Waals surface area contributed by atoms with Gasteiger partial charge in [0.2, 0.25) is 11.8 Å². The molecule has 1 saturated heterocycles. The third kappa shape index (κ3) is 5.64. The lowest BCUT2D eigenvalue weighted by atomic mass is 10.1. The van der Waals surface area contributed by atoms with Gasteiger partial charge in [0.1, 0.15) is 6.04 Å². The van der Waals surface area contributed by atoms with Gasteiger partial charge in [0.15, 0.2) is 0 Å². The molecule has 1 atom stereocenters. The molecule has 2 aromatic carbocycles. The highest BCUT2D eigenvalue weighted by atomic mass is 16.2. The van der Waals surface area contributed by atoms with Gasteiger partial charge in [-0.3, -0.25) is 19.4 Å². The first kappa shape index (κ1) is 19.1. The van der Waals surface area contributed by atoms with E-state index in [1.54, 1.807) is 12.1 Å². The van der Waals surface area contributed by atoms with Crippen LogP contribution in [0.4, 0.5) is 0 Å². The highest BCUT2D eigenvalue weighted by Gasteiger charge is 2.23. The van der Waals surface area contributed by atoms with Crippen LogP contribution in [0.15, 0.2) is 60.7 Å². The van der Waals surface area contributed by atoms with E-state index >= 15 is 0 Å². The Labute approximate surface area is 159 Å². The molecule has 3 rings (SSSR count). The zero-order valence-corrected chi connectivity index (χ0v) is 15.4. The number of piperazine rings is 1. The first-order valence-corrected chi connectivity index (χ1v) is 9.24. The van der Waals surface area contributed by atoms with Crippen LogP contribution in [0.25, 0.3) is 0 Å². The van der Waals surface area contributed by atoms with E-state index in [0.717, 1.165) is 32.7 Å². The Morgan fingerprint density at radius 2 is 1.44 bits per heavy atom. The van der Waals surface area contributed by atoms with Gasteiger partial charge < -0.3 is 11.1 Å².